The molecule has 0 radical (unpaired) electrons. The van der Waals surface area contributed by atoms with Crippen LogP contribution in [0.3, 0.4) is 0 Å². The molecule has 1 nitrogen and oxygen atoms in total. The summed E-state index contributed by atoms with van der Waals surface area (Å²) in [5.74, 6) is -3.66. The molecule has 0 aliphatic rings. The summed E-state index contributed by atoms with van der Waals surface area (Å²) in [6, 6.07) is 1.74. The van der Waals surface area contributed by atoms with E-state index in [0.29, 0.717) is 6.07 Å². The summed E-state index contributed by atoms with van der Waals surface area (Å²) < 4.78 is 37.2. The van der Waals surface area contributed by atoms with E-state index in [4.69, 9.17) is 5.26 Å². The molecular weight excluding hydrogens is 235 g/mol. The van der Waals surface area contributed by atoms with Crippen molar-refractivity contribution in [2.45, 2.75) is 0 Å². The van der Waals surface area contributed by atoms with Gasteiger partial charge < -0.3 is 0 Å². The van der Waals surface area contributed by atoms with Gasteiger partial charge in [0, 0.05) is 6.07 Å². The molecule has 0 N–H and O–H groups in total. The van der Waals surface area contributed by atoms with Crippen molar-refractivity contribution in [3.05, 3.63) is 33.6 Å². The second-order valence-electron chi connectivity index (χ2n) is 1.95. The molecule has 0 spiro atoms. The third-order valence-corrected chi connectivity index (χ3v) is 1.97. The van der Waals surface area contributed by atoms with Gasteiger partial charge in [-0.2, -0.15) is 5.26 Å². The lowest BCUT2D eigenvalue weighted by Crippen LogP contribution is -1.94. The molecule has 0 saturated carbocycles. The van der Waals surface area contributed by atoms with Gasteiger partial charge in [-0.05, 0) is 15.9 Å². The van der Waals surface area contributed by atoms with E-state index in [1.807, 2.05) is 0 Å². The van der Waals surface area contributed by atoms with Crippen LogP contribution in [0.5, 0.6) is 0 Å². The standard InChI is InChI=1S/C7HBrF3N/c8-6-3(2-12)4(9)1-5(10)7(6)11/h1H. The smallest absolute Gasteiger partial charge is 0.174 e. The Bertz CT molecular complexity index is 370. The van der Waals surface area contributed by atoms with Crippen molar-refractivity contribution in [3.63, 3.8) is 0 Å². The zero-order valence-electron chi connectivity index (χ0n) is 5.54. The predicted octanol–water partition coefficient (Wildman–Crippen LogP) is 2.74. The number of benzene rings is 1. The summed E-state index contributed by atoms with van der Waals surface area (Å²) in [6.45, 7) is 0. The van der Waals surface area contributed by atoms with Crippen LogP contribution in [-0.4, -0.2) is 0 Å². The molecule has 0 heterocycles. The SMILES string of the molecule is N#Cc1c(F)cc(F)c(F)c1Br. The van der Waals surface area contributed by atoms with E-state index in [1.165, 1.54) is 6.07 Å². The predicted molar refractivity (Wildman–Crippen MR) is 38.7 cm³/mol. The second-order valence-corrected chi connectivity index (χ2v) is 2.75. The molecule has 0 aliphatic heterocycles. The molecule has 12 heavy (non-hydrogen) atoms. The van der Waals surface area contributed by atoms with Gasteiger partial charge in [0.05, 0.1) is 4.47 Å². The van der Waals surface area contributed by atoms with Gasteiger partial charge in [-0.15, -0.1) is 0 Å². The number of nitriles is 1. The first-order valence-electron chi connectivity index (χ1n) is 2.81. The number of halogens is 4. The summed E-state index contributed by atoms with van der Waals surface area (Å²) in [5.41, 5.74) is -0.533. The molecule has 0 aliphatic carbocycles. The Morgan fingerprint density at radius 1 is 1.25 bits per heavy atom. The fourth-order valence-corrected chi connectivity index (χ4v) is 1.14. The molecule has 1 aromatic rings. The van der Waals surface area contributed by atoms with E-state index in [-0.39, 0.29) is 0 Å². The van der Waals surface area contributed by atoms with Crippen LogP contribution in [-0.2, 0) is 0 Å². The topological polar surface area (TPSA) is 23.8 Å². The summed E-state index contributed by atoms with van der Waals surface area (Å²) in [7, 11) is 0. The highest BCUT2D eigenvalue weighted by molar-refractivity contribution is 9.10. The average Bonchev–Trinajstić information content (AvgIpc) is 2.01. The Morgan fingerprint density at radius 2 is 1.83 bits per heavy atom. The quantitative estimate of drug-likeness (QED) is 0.501. The molecule has 0 bridgehead atoms. The van der Waals surface area contributed by atoms with Crippen LogP contribution >= 0.6 is 15.9 Å². The number of nitrogens with zero attached hydrogens (tertiary/aromatic N) is 1. The van der Waals surface area contributed by atoms with Gasteiger partial charge in [-0.3, -0.25) is 0 Å². The Labute approximate surface area is 74.6 Å². The molecular formula is C7HBrF3N. The van der Waals surface area contributed by atoms with Gasteiger partial charge in [0.25, 0.3) is 0 Å². The maximum Gasteiger partial charge on any atom is 0.174 e. The Balaban J connectivity index is 3.54. The first-order valence-corrected chi connectivity index (χ1v) is 3.60. The molecule has 0 saturated heterocycles. The molecule has 62 valence electrons. The van der Waals surface area contributed by atoms with Crippen LogP contribution in [0.25, 0.3) is 0 Å². The fraction of sp³-hybridized carbons (Fsp3) is 0. The lowest BCUT2D eigenvalue weighted by molar-refractivity contribution is 0.489. The normalized spacial score (nSPS) is 9.58. The molecule has 0 fully saturated rings. The van der Waals surface area contributed by atoms with Crippen LogP contribution < -0.4 is 0 Å². The van der Waals surface area contributed by atoms with Gasteiger partial charge in [0.15, 0.2) is 11.6 Å². The van der Waals surface area contributed by atoms with E-state index < -0.39 is 27.5 Å². The Hall–Kier alpha value is -1.02. The van der Waals surface area contributed by atoms with Gasteiger partial charge >= 0.3 is 0 Å². The Morgan fingerprint density at radius 3 is 2.33 bits per heavy atom. The first kappa shape index (κ1) is 9.07. The third kappa shape index (κ3) is 1.30. The lowest BCUT2D eigenvalue weighted by atomic mass is 10.2. The van der Waals surface area contributed by atoms with Crippen LogP contribution in [0.4, 0.5) is 13.2 Å². The summed E-state index contributed by atoms with van der Waals surface area (Å²) in [6.07, 6.45) is 0. The van der Waals surface area contributed by atoms with Crippen LogP contribution in [0, 0.1) is 28.8 Å². The van der Waals surface area contributed by atoms with E-state index >= 15 is 0 Å². The number of rotatable bonds is 0. The van der Waals surface area contributed by atoms with E-state index in [1.54, 1.807) is 0 Å². The molecule has 5 heteroatoms. The minimum absolute atomic E-state index is 0.332. The first-order chi connectivity index (χ1) is 5.57. The zero-order chi connectivity index (χ0) is 9.30. The van der Waals surface area contributed by atoms with Gasteiger partial charge in [-0.25, -0.2) is 13.2 Å². The molecule has 0 atom stereocenters. The maximum atomic E-state index is 12.6. The lowest BCUT2D eigenvalue weighted by Gasteiger charge is -1.99. The van der Waals surface area contributed by atoms with Crippen LogP contribution in [0.2, 0.25) is 0 Å². The van der Waals surface area contributed by atoms with Gasteiger partial charge in [0.2, 0.25) is 0 Å². The minimum atomic E-state index is -1.32. The zero-order valence-corrected chi connectivity index (χ0v) is 7.12. The average molecular weight is 236 g/mol. The van der Waals surface area contributed by atoms with Crippen molar-refractivity contribution >= 4 is 15.9 Å². The molecule has 0 aromatic heterocycles. The largest absolute Gasteiger partial charge is 0.205 e. The van der Waals surface area contributed by atoms with Crippen molar-refractivity contribution < 1.29 is 13.2 Å². The monoisotopic (exact) mass is 235 g/mol. The van der Waals surface area contributed by atoms with Crippen molar-refractivity contribution in [1.82, 2.24) is 0 Å². The van der Waals surface area contributed by atoms with E-state index in [2.05, 4.69) is 15.9 Å². The van der Waals surface area contributed by atoms with E-state index in [0.717, 1.165) is 0 Å². The highest BCUT2D eigenvalue weighted by atomic mass is 79.9. The molecule has 1 aromatic carbocycles. The molecule has 0 unspecified atom stereocenters. The Kier molecular flexibility index (Phi) is 2.38. The van der Waals surface area contributed by atoms with Crippen molar-refractivity contribution in [2.24, 2.45) is 0 Å². The van der Waals surface area contributed by atoms with Crippen LogP contribution in [0.1, 0.15) is 5.56 Å². The second kappa shape index (κ2) is 3.15. The number of hydrogen-bond acceptors (Lipinski definition) is 1. The third-order valence-electron chi connectivity index (χ3n) is 1.23. The van der Waals surface area contributed by atoms with Crippen molar-refractivity contribution in [3.8, 4) is 6.07 Å². The molecule has 1 rings (SSSR count). The minimum Gasteiger partial charge on any atom is -0.205 e. The molecule has 0 amide bonds. The fourth-order valence-electron chi connectivity index (χ4n) is 0.669. The summed E-state index contributed by atoms with van der Waals surface area (Å²) >= 11 is 2.56. The van der Waals surface area contributed by atoms with Crippen LogP contribution in [0.15, 0.2) is 10.5 Å². The van der Waals surface area contributed by atoms with Crippen molar-refractivity contribution in [1.29, 1.82) is 5.26 Å². The summed E-state index contributed by atoms with van der Waals surface area (Å²) in [5, 5.41) is 8.31. The summed E-state index contributed by atoms with van der Waals surface area (Å²) in [4.78, 5) is 0. The highest BCUT2D eigenvalue weighted by Gasteiger charge is 2.15. The number of hydrogen-bond donors (Lipinski definition) is 0. The maximum absolute atomic E-state index is 12.6. The van der Waals surface area contributed by atoms with Gasteiger partial charge in [0.1, 0.15) is 17.4 Å². The highest BCUT2D eigenvalue weighted by Crippen LogP contribution is 2.24. The van der Waals surface area contributed by atoms with Gasteiger partial charge in [-0.1, -0.05) is 0 Å². The van der Waals surface area contributed by atoms with Crippen molar-refractivity contribution in [2.75, 3.05) is 0 Å². The van der Waals surface area contributed by atoms with E-state index in [9.17, 15) is 13.2 Å².